The van der Waals surface area contributed by atoms with Crippen molar-refractivity contribution >= 4 is 22.9 Å². The van der Waals surface area contributed by atoms with Crippen molar-refractivity contribution in [3.05, 3.63) is 47.0 Å². The number of ketones is 1. The Kier molecular flexibility index (Phi) is 4.45. The van der Waals surface area contributed by atoms with Crippen LogP contribution >= 0.6 is 0 Å². The van der Waals surface area contributed by atoms with Crippen molar-refractivity contribution in [1.82, 2.24) is 0 Å². The van der Waals surface area contributed by atoms with E-state index in [-0.39, 0.29) is 33.8 Å². The zero-order valence-electron chi connectivity index (χ0n) is 12.8. The first kappa shape index (κ1) is 16.6. The second-order valence-electron chi connectivity index (χ2n) is 5.16. The number of anilines is 2. The van der Waals surface area contributed by atoms with Crippen LogP contribution in [0.4, 0.5) is 20.2 Å². The Morgan fingerprint density at radius 3 is 2.39 bits per heavy atom. The first-order chi connectivity index (χ1) is 10.8. The molecule has 0 radical (unpaired) electrons. The number of carbonyl (C=O) groups is 1. The summed E-state index contributed by atoms with van der Waals surface area (Å²) in [6, 6.07) is 5.14. The second-order valence-corrected chi connectivity index (χ2v) is 5.16. The van der Waals surface area contributed by atoms with Crippen LogP contribution in [-0.2, 0) is 11.2 Å². The Morgan fingerprint density at radius 1 is 1.17 bits per heavy atom. The summed E-state index contributed by atoms with van der Waals surface area (Å²) in [6.45, 7) is 3.04. The van der Waals surface area contributed by atoms with E-state index in [1.165, 1.54) is 19.1 Å². The first-order valence-corrected chi connectivity index (χ1v) is 7.04. The van der Waals surface area contributed by atoms with Crippen LogP contribution < -0.4 is 11.5 Å². The fourth-order valence-electron chi connectivity index (χ4n) is 2.50. The summed E-state index contributed by atoms with van der Waals surface area (Å²) >= 11 is 0. The molecular weight excluding hydrogens is 300 g/mol. The highest BCUT2D eigenvalue weighted by Crippen LogP contribution is 2.36. The van der Waals surface area contributed by atoms with E-state index >= 15 is 0 Å². The average molecular weight is 317 g/mol. The molecule has 6 heteroatoms. The molecule has 0 fully saturated rings. The topological polar surface area (TPSA) is 93.0 Å². The van der Waals surface area contributed by atoms with Gasteiger partial charge in [0, 0.05) is 18.2 Å². The second kappa shape index (κ2) is 6.16. The number of Topliss-reactive ketones (excluding diaryl/α,β-unsaturated/α-hetero) is 1. The van der Waals surface area contributed by atoms with Crippen molar-refractivity contribution in [1.29, 1.82) is 5.41 Å². The summed E-state index contributed by atoms with van der Waals surface area (Å²) in [5, 5.41) is 7.79. The van der Waals surface area contributed by atoms with Gasteiger partial charge in [0.15, 0.2) is 11.6 Å². The van der Waals surface area contributed by atoms with Gasteiger partial charge >= 0.3 is 0 Å². The van der Waals surface area contributed by atoms with Crippen LogP contribution in [0.1, 0.15) is 25.0 Å². The molecular formula is C17H17F2N3O. The molecule has 0 saturated heterocycles. The van der Waals surface area contributed by atoms with E-state index in [1.807, 2.05) is 0 Å². The highest BCUT2D eigenvalue weighted by atomic mass is 19.1. The van der Waals surface area contributed by atoms with Crippen LogP contribution in [0, 0.1) is 17.0 Å². The smallest absolute Gasteiger partial charge is 0.178 e. The molecule has 23 heavy (non-hydrogen) atoms. The van der Waals surface area contributed by atoms with Crippen molar-refractivity contribution in [3.63, 3.8) is 0 Å². The molecule has 120 valence electrons. The molecule has 2 aromatic rings. The van der Waals surface area contributed by atoms with Gasteiger partial charge in [-0.25, -0.2) is 8.78 Å². The van der Waals surface area contributed by atoms with E-state index in [0.717, 1.165) is 12.1 Å². The fraction of sp³-hybridized carbons (Fsp3) is 0.176. The van der Waals surface area contributed by atoms with E-state index < -0.39 is 17.4 Å². The third kappa shape index (κ3) is 2.79. The average Bonchev–Trinajstić information content (AvgIpc) is 2.51. The summed E-state index contributed by atoms with van der Waals surface area (Å²) < 4.78 is 28.4. The summed E-state index contributed by atoms with van der Waals surface area (Å²) in [5.41, 5.74) is 12.1. The molecule has 2 aromatic carbocycles. The molecule has 0 spiro atoms. The number of benzene rings is 2. The Hall–Kier alpha value is -2.76. The molecule has 4 nitrogen and oxygen atoms in total. The normalized spacial score (nSPS) is 10.6. The Bertz CT molecular complexity index is 816. The Balaban J connectivity index is 2.76. The van der Waals surface area contributed by atoms with Crippen LogP contribution in [0.15, 0.2) is 24.3 Å². The number of nitrogen functional groups attached to an aromatic ring is 2. The van der Waals surface area contributed by atoms with E-state index in [1.54, 1.807) is 6.92 Å². The van der Waals surface area contributed by atoms with Gasteiger partial charge in [-0.2, -0.15) is 0 Å². The van der Waals surface area contributed by atoms with Gasteiger partial charge in [0.05, 0.1) is 11.3 Å². The Morgan fingerprint density at radius 2 is 1.83 bits per heavy atom. The Labute approximate surface area is 132 Å². The zero-order chi connectivity index (χ0) is 17.3. The molecule has 0 atom stereocenters. The monoisotopic (exact) mass is 317 g/mol. The number of halogens is 2. The minimum Gasteiger partial charge on any atom is -0.398 e. The van der Waals surface area contributed by atoms with E-state index in [9.17, 15) is 13.6 Å². The summed E-state index contributed by atoms with van der Waals surface area (Å²) in [5.74, 6) is -2.04. The standard InChI is InChI=1S/C17H17F2N3O/c1-3-9-10(14-12(18)6-7-13(20)15(14)19)4-5-11(17(9)22)16(21)8(2)23/h4-7,21H,3,20,22H2,1-2H3. The maximum absolute atomic E-state index is 14.3. The lowest BCUT2D eigenvalue weighted by Crippen LogP contribution is -2.14. The largest absolute Gasteiger partial charge is 0.398 e. The lowest BCUT2D eigenvalue weighted by molar-refractivity contribution is -0.111. The predicted octanol–water partition coefficient (Wildman–Crippen LogP) is 3.32. The van der Waals surface area contributed by atoms with Crippen molar-refractivity contribution < 1.29 is 13.6 Å². The minimum atomic E-state index is -0.853. The molecule has 2 rings (SSSR count). The third-order valence-corrected chi connectivity index (χ3v) is 3.72. The molecule has 0 aliphatic carbocycles. The van der Waals surface area contributed by atoms with Gasteiger partial charge in [0.25, 0.3) is 0 Å². The van der Waals surface area contributed by atoms with Gasteiger partial charge in [-0.15, -0.1) is 0 Å². The number of nitrogens with one attached hydrogen (secondary N) is 1. The van der Waals surface area contributed by atoms with Crippen molar-refractivity contribution in [2.24, 2.45) is 0 Å². The van der Waals surface area contributed by atoms with Gasteiger partial charge in [-0.05, 0) is 35.7 Å². The van der Waals surface area contributed by atoms with E-state index in [4.69, 9.17) is 16.9 Å². The third-order valence-electron chi connectivity index (χ3n) is 3.72. The van der Waals surface area contributed by atoms with Gasteiger partial charge in [0.2, 0.25) is 0 Å². The number of hydrogen-bond donors (Lipinski definition) is 3. The highest BCUT2D eigenvalue weighted by molar-refractivity contribution is 6.45. The maximum atomic E-state index is 14.3. The first-order valence-electron chi connectivity index (χ1n) is 7.04. The van der Waals surface area contributed by atoms with Crippen molar-refractivity contribution in [2.45, 2.75) is 20.3 Å². The molecule has 0 saturated carbocycles. The van der Waals surface area contributed by atoms with Crippen LogP contribution in [0.2, 0.25) is 0 Å². The molecule has 0 amide bonds. The van der Waals surface area contributed by atoms with Crippen LogP contribution in [0.5, 0.6) is 0 Å². The number of hydrogen-bond acceptors (Lipinski definition) is 4. The zero-order valence-corrected chi connectivity index (χ0v) is 12.8. The lowest BCUT2D eigenvalue weighted by atomic mass is 9.91. The van der Waals surface area contributed by atoms with Crippen LogP contribution in [-0.4, -0.2) is 11.5 Å². The summed E-state index contributed by atoms with van der Waals surface area (Å²) in [6.07, 6.45) is 0.383. The van der Waals surface area contributed by atoms with Crippen molar-refractivity contribution in [3.8, 4) is 11.1 Å². The van der Waals surface area contributed by atoms with Crippen molar-refractivity contribution in [2.75, 3.05) is 11.5 Å². The molecule has 0 aromatic heterocycles. The summed E-state index contributed by atoms with van der Waals surface area (Å²) in [7, 11) is 0. The summed E-state index contributed by atoms with van der Waals surface area (Å²) in [4.78, 5) is 11.4. The molecule has 0 aliphatic heterocycles. The number of rotatable bonds is 4. The van der Waals surface area contributed by atoms with E-state index in [0.29, 0.717) is 12.0 Å². The van der Waals surface area contributed by atoms with Gasteiger partial charge in [-0.1, -0.05) is 13.0 Å². The number of carbonyl (C=O) groups excluding carboxylic acids is 1. The van der Waals surface area contributed by atoms with Gasteiger partial charge < -0.3 is 11.5 Å². The van der Waals surface area contributed by atoms with Crippen LogP contribution in [0.3, 0.4) is 0 Å². The molecule has 5 N–H and O–H groups in total. The molecule has 0 bridgehead atoms. The SMILES string of the molecule is CCc1c(-c2c(F)ccc(N)c2F)ccc(C(=N)C(C)=O)c1N. The molecule has 0 heterocycles. The molecule has 0 unspecified atom stereocenters. The maximum Gasteiger partial charge on any atom is 0.178 e. The van der Waals surface area contributed by atoms with E-state index in [2.05, 4.69) is 0 Å². The minimum absolute atomic E-state index is 0.164. The fourth-order valence-corrected chi connectivity index (χ4v) is 2.50. The number of nitrogens with two attached hydrogens (primary N) is 2. The highest BCUT2D eigenvalue weighted by Gasteiger charge is 2.21. The van der Waals surface area contributed by atoms with Gasteiger partial charge in [0.1, 0.15) is 11.5 Å². The molecule has 0 aliphatic rings. The predicted molar refractivity (Wildman–Crippen MR) is 87.5 cm³/mol. The lowest BCUT2D eigenvalue weighted by Gasteiger charge is -2.16. The quantitative estimate of drug-likeness (QED) is 0.596. The van der Waals surface area contributed by atoms with Gasteiger partial charge in [-0.3, -0.25) is 10.2 Å². The van der Waals surface area contributed by atoms with Crippen LogP contribution in [0.25, 0.3) is 11.1 Å².